The van der Waals surface area contributed by atoms with E-state index in [0.29, 0.717) is 0 Å². The Morgan fingerprint density at radius 3 is 2.25 bits per heavy atom. The molecule has 0 aliphatic rings. The maximum atomic E-state index is 4.33. The number of hydrogen-bond donors (Lipinski definition) is 0. The molecule has 1 aromatic heterocycles. The van der Waals surface area contributed by atoms with Crippen LogP contribution in [-0.2, 0) is 0 Å². The quantitative estimate of drug-likeness (QED) is 0.603. The normalized spacial score (nSPS) is 9.58. The number of nitrogens with zero attached hydrogens (tertiary/aromatic N) is 1. The van der Waals surface area contributed by atoms with Crippen molar-refractivity contribution >= 4 is 17.4 Å². The average Bonchev–Trinajstić information content (AvgIpc) is 2.35. The van der Waals surface area contributed by atoms with Gasteiger partial charge >= 0.3 is 0 Å². The average molecular weight is 181 g/mol. The summed E-state index contributed by atoms with van der Waals surface area (Å²) in [5.74, 6) is 0. The summed E-state index contributed by atoms with van der Waals surface area (Å²) >= 11 is 1.75. The summed E-state index contributed by atoms with van der Waals surface area (Å²) in [6, 6.07) is 0. The minimum Gasteiger partial charge on any atom is -0.242 e. The largest absolute Gasteiger partial charge is 0.242 e. The highest BCUT2D eigenvalue weighted by Crippen LogP contribution is 2.17. The van der Waals surface area contributed by atoms with E-state index in [2.05, 4.69) is 25.1 Å². The summed E-state index contributed by atoms with van der Waals surface area (Å²) in [5, 5.41) is 1.14. The lowest BCUT2D eigenvalue weighted by atomic mass is 10.3. The van der Waals surface area contributed by atoms with E-state index in [1.807, 2.05) is 26.0 Å². The van der Waals surface area contributed by atoms with Gasteiger partial charge in [-0.15, -0.1) is 24.5 Å². The number of thiazole rings is 1. The molecule has 0 fully saturated rings. The first-order valence-corrected chi connectivity index (χ1v) is 4.62. The summed E-state index contributed by atoms with van der Waals surface area (Å²) in [6.45, 7) is 12.1. The minimum atomic E-state index is 1.12. The van der Waals surface area contributed by atoms with Crippen LogP contribution in [0.2, 0.25) is 0 Å². The van der Waals surface area contributed by atoms with Crippen LogP contribution >= 0.6 is 11.3 Å². The van der Waals surface area contributed by atoms with Crippen molar-refractivity contribution in [3.8, 4) is 0 Å². The molecular formula is C10H15NS. The zero-order valence-corrected chi connectivity index (χ0v) is 8.74. The van der Waals surface area contributed by atoms with Gasteiger partial charge < -0.3 is 0 Å². The number of hydrogen-bond acceptors (Lipinski definition) is 2. The Hall–Kier alpha value is -0.890. The van der Waals surface area contributed by atoms with E-state index in [-0.39, 0.29) is 0 Å². The predicted octanol–water partition coefficient (Wildman–Crippen LogP) is 3.60. The van der Waals surface area contributed by atoms with Crippen LogP contribution in [0.3, 0.4) is 0 Å². The van der Waals surface area contributed by atoms with Crippen molar-refractivity contribution in [2.45, 2.75) is 20.8 Å². The maximum absolute atomic E-state index is 4.33. The second-order valence-electron chi connectivity index (χ2n) is 2.17. The zero-order chi connectivity index (χ0) is 9.56. The number of aryl methyl sites for hydroxylation is 2. The zero-order valence-electron chi connectivity index (χ0n) is 7.92. The van der Waals surface area contributed by atoms with Crippen molar-refractivity contribution in [1.29, 1.82) is 0 Å². The Bertz CT molecular complexity index is 261. The molecule has 0 unspecified atom stereocenters. The Kier molecular flexibility index (Phi) is 5.30. The summed E-state index contributed by atoms with van der Waals surface area (Å²) in [5.41, 5.74) is 1.12. The lowest BCUT2D eigenvalue weighted by Gasteiger charge is -1.82. The second kappa shape index (κ2) is 5.72. The van der Waals surface area contributed by atoms with Crippen LogP contribution in [0.15, 0.2) is 19.2 Å². The van der Waals surface area contributed by atoms with Crippen molar-refractivity contribution in [3.05, 3.63) is 34.8 Å². The molecule has 0 atom stereocenters. The van der Waals surface area contributed by atoms with Gasteiger partial charge in [-0.25, -0.2) is 4.98 Å². The van der Waals surface area contributed by atoms with Crippen LogP contribution < -0.4 is 0 Å². The molecule has 0 aliphatic heterocycles. The fourth-order valence-electron chi connectivity index (χ4n) is 0.858. The molecule has 0 saturated carbocycles. The highest BCUT2D eigenvalue weighted by molar-refractivity contribution is 7.11. The number of aromatic nitrogens is 1. The molecule has 0 saturated heterocycles. The van der Waals surface area contributed by atoms with Gasteiger partial charge in [-0.1, -0.05) is 6.08 Å². The van der Waals surface area contributed by atoms with E-state index in [4.69, 9.17) is 0 Å². The Morgan fingerprint density at radius 2 is 1.92 bits per heavy atom. The molecule has 1 heterocycles. The molecule has 1 rings (SSSR count). The first kappa shape index (κ1) is 11.1. The van der Waals surface area contributed by atoms with Gasteiger partial charge in [0.1, 0.15) is 0 Å². The van der Waals surface area contributed by atoms with Crippen LogP contribution in [0.25, 0.3) is 6.08 Å². The molecule has 66 valence electrons. The van der Waals surface area contributed by atoms with Crippen molar-refractivity contribution in [2.24, 2.45) is 0 Å². The van der Waals surface area contributed by atoms with Crippen molar-refractivity contribution in [2.75, 3.05) is 0 Å². The molecular weight excluding hydrogens is 166 g/mol. The first-order chi connectivity index (χ1) is 5.74. The van der Waals surface area contributed by atoms with E-state index in [1.54, 1.807) is 11.3 Å². The fourth-order valence-corrected chi connectivity index (χ4v) is 1.66. The van der Waals surface area contributed by atoms with Gasteiger partial charge in [0.05, 0.1) is 10.7 Å². The van der Waals surface area contributed by atoms with Crippen molar-refractivity contribution < 1.29 is 0 Å². The van der Waals surface area contributed by atoms with Gasteiger partial charge in [0.15, 0.2) is 0 Å². The van der Waals surface area contributed by atoms with E-state index >= 15 is 0 Å². The van der Waals surface area contributed by atoms with E-state index in [9.17, 15) is 0 Å². The van der Waals surface area contributed by atoms with Gasteiger partial charge in [-0.2, -0.15) is 0 Å². The van der Waals surface area contributed by atoms with Crippen LogP contribution in [0.4, 0.5) is 0 Å². The third-order valence-electron chi connectivity index (χ3n) is 1.26. The first-order valence-electron chi connectivity index (χ1n) is 3.80. The van der Waals surface area contributed by atoms with Gasteiger partial charge in [0, 0.05) is 4.88 Å². The SMILES string of the molecule is C/C=C\c1nc(C)sc1C.C=C. The van der Waals surface area contributed by atoms with Crippen LogP contribution in [0.1, 0.15) is 22.5 Å². The lowest BCUT2D eigenvalue weighted by molar-refractivity contribution is 1.26. The van der Waals surface area contributed by atoms with E-state index in [1.165, 1.54) is 4.88 Å². The molecule has 1 nitrogen and oxygen atoms in total. The van der Waals surface area contributed by atoms with E-state index < -0.39 is 0 Å². The molecule has 12 heavy (non-hydrogen) atoms. The molecule has 0 radical (unpaired) electrons. The molecule has 0 aliphatic carbocycles. The van der Waals surface area contributed by atoms with Crippen molar-refractivity contribution in [1.82, 2.24) is 4.98 Å². The summed E-state index contributed by atoms with van der Waals surface area (Å²) in [4.78, 5) is 5.63. The van der Waals surface area contributed by atoms with Crippen LogP contribution in [0, 0.1) is 13.8 Å². The van der Waals surface area contributed by atoms with Gasteiger partial charge in [0.2, 0.25) is 0 Å². The van der Waals surface area contributed by atoms with E-state index in [0.717, 1.165) is 10.7 Å². The molecule has 0 spiro atoms. The summed E-state index contributed by atoms with van der Waals surface area (Å²) in [7, 11) is 0. The monoisotopic (exact) mass is 181 g/mol. The van der Waals surface area contributed by atoms with Crippen molar-refractivity contribution in [3.63, 3.8) is 0 Å². The maximum Gasteiger partial charge on any atom is 0.0904 e. The number of allylic oxidation sites excluding steroid dienone is 1. The smallest absolute Gasteiger partial charge is 0.0904 e. The highest BCUT2D eigenvalue weighted by atomic mass is 32.1. The lowest BCUT2D eigenvalue weighted by Crippen LogP contribution is -1.73. The minimum absolute atomic E-state index is 1.12. The summed E-state index contributed by atoms with van der Waals surface area (Å²) in [6.07, 6.45) is 4.06. The summed E-state index contributed by atoms with van der Waals surface area (Å²) < 4.78 is 0. The van der Waals surface area contributed by atoms with Gasteiger partial charge in [0.25, 0.3) is 0 Å². The third-order valence-corrected chi connectivity index (χ3v) is 2.17. The molecule has 0 aromatic carbocycles. The van der Waals surface area contributed by atoms with Gasteiger partial charge in [-0.3, -0.25) is 0 Å². The van der Waals surface area contributed by atoms with Crippen LogP contribution in [-0.4, -0.2) is 4.98 Å². The predicted molar refractivity (Wildman–Crippen MR) is 57.6 cm³/mol. The molecule has 0 N–H and O–H groups in total. The molecule has 0 amide bonds. The second-order valence-corrected chi connectivity index (χ2v) is 3.58. The van der Waals surface area contributed by atoms with Crippen LogP contribution in [0.5, 0.6) is 0 Å². The highest BCUT2D eigenvalue weighted by Gasteiger charge is 1.98. The topological polar surface area (TPSA) is 12.9 Å². The Balaban J connectivity index is 0.000000561. The van der Waals surface area contributed by atoms with Gasteiger partial charge in [-0.05, 0) is 26.8 Å². The number of rotatable bonds is 1. The molecule has 0 bridgehead atoms. The fraction of sp³-hybridized carbons (Fsp3) is 0.300. The third kappa shape index (κ3) is 3.01. The molecule has 1 aromatic rings. The Morgan fingerprint density at radius 1 is 1.33 bits per heavy atom. The molecule has 2 heteroatoms. The standard InChI is InChI=1S/C8H11NS.C2H4/c1-4-5-8-6(2)10-7(3)9-8;1-2/h4-5H,1-3H3;1-2H2/b5-4-;. The Labute approximate surface area is 78.5 Å².